The zero-order valence-electron chi connectivity index (χ0n) is 10.1. The molecule has 0 aromatic carbocycles. The topological polar surface area (TPSA) is 35.5 Å². The number of carbonyl (C=O) groups is 1. The third-order valence-electron chi connectivity index (χ3n) is 2.12. The van der Waals surface area contributed by atoms with Gasteiger partial charge in [-0.1, -0.05) is 6.92 Å². The maximum Gasteiger partial charge on any atom is 0.313 e. The van der Waals surface area contributed by atoms with E-state index < -0.39 is 13.7 Å². The normalized spacial score (nSPS) is 12.7. The van der Waals surface area contributed by atoms with Crippen LogP contribution in [0.1, 0.15) is 27.2 Å². The molecule has 14 heavy (non-hydrogen) atoms. The molecular formula is C10H22O3Si. The lowest BCUT2D eigenvalue weighted by Crippen LogP contribution is -2.31. The van der Waals surface area contributed by atoms with Crippen LogP contribution in [0, 0.1) is 5.41 Å². The Morgan fingerprint density at radius 3 is 2.14 bits per heavy atom. The SMILES string of the molecule is CCC(C)(C)C(=O)OCO[Si](C)(C)C. The van der Waals surface area contributed by atoms with Gasteiger partial charge in [0.1, 0.15) is 0 Å². The van der Waals surface area contributed by atoms with Crippen LogP contribution in [0.25, 0.3) is 0 Å². The highest BCUT2D eigenvalue weighted by Crippen LogP contribution is 2.21. The lowest BCUT2D eigenvalue weighted by atomic mass is 9.91. The van der Waals surface area contributed by atoms with E-state index in [1.807, 2.05) is 20.8 Å². The first-order valence-corrected chi connectivity index (χ1v) is 8.41. The predicted octanol–water partition coefficient (Wildman–Crippen LogP) is 2.77. The van der Waals surface area contributed by atoms with Crippen LogP contribution in [0.3, 0.4) is 0 Å². The molecule has 0 spiro atoms. The minimum absolute atomic E-state index is 0.0952. The molecule has 0 aliphatic carbocycles. The molecule has 0 aromatic heterocycles. The van der Waals surface area contributed by atoms with Gasteiger partial charge in [-0.05, 0) is 39.9 Å². The first kappa shape index (κ1) is 13.6. The second-order valence-electron chi connectivity index (χ2n) is 5.04. The largest absolute Gasteiger partial charge is 0.439 e. The van der Waals surface area contributed by atoms with Crippen molar-refractivity contribution >= 4 is 14.3 Å². The van der Waals surface area contributed by atoms with E-state index in [0.29, 0.717) is 0 Å². The summed E-state index contributed by atoms with van der Waals surface area (Å²) < 4.78 is 10.5. The number of carbonyl (C=O) groups excluding carboxylic acids is 1. The highest BCUT2D eigenvalue weighted by Gasteiger charge is 2.27. The highest BCUT2D eigenvalue weighted by atomic mass is 28.4. The highest BCUT2D eigenvalue weighted by molar-refractivity contribution is 6.69. The van der Waals surface area contributed by atoms with Gasteiger partial charge >= 0.3 is 5.97 Å². The third kappa shape index (κ3) is 5.39. The summed E-state index contributed by atoms with van der Waals surface area (Å²) in [5, 5.41) is 0. The molecule has 0 bridgehead atoms. The Balaban J connectivity index is 3.87. The summed E-state index contributed by atoms with van der Waals surface area (Å²) in [7, 11) is -1.57. The van der Waals surface area contributed by atoms with Gasteiger partial charge in [0.25, 0.3) is 0 Å². The molecule has 84 valence electrons. The zero-order valence-corrected chi connectivity index (χ0v) is 11.1. The molecule has 0 aliphatic heterocycles. The van der Waals surface area contributed by atoms with Crippen LogP contribution in [0.4, 0.5) is 0 Å². The van der Waals surface area contributed by atoms with E-state index in [0.717, 1.165) is 6.42 Å². The summed E-state index contributed by atoms with van der Waals surface area (Å²) >= 11 is 0. The molecule has 0 unspecified atom stereocenters. The van der Waals surface area contributed by atoms with Crippen LogP contribution >= 0.6 is 0 Å². The van der Waals surface area contributed by atoms with Gasteiger partial charge in [0, 0.05) is 0 Å². The first-order valence-electron chi connectivity index (χ1n) is 5.00. The van der Waals surface area contributed by atoms with Gasteiger partial charge in [-0.15, -0.1) is 0 Å². The molecule has 0 rings (SSSR count). The maximum absolute atomic E-state index is 11.5. The van der Waals surface area contributed by atoms with Crippen LogP contribution in [-0.4, -0.2) is 21.1 Å². The van der Waals surface area contributed by atoms with Crippen molar-refractivity contribution in [1.29, 1.82) is 0 Å². The fourth-order valence-electron chi connectivity index (χ4n) is 0.599. The summed E-state index contributed by atoms with van der Waals surface area (Å²) in [4.78, 5) is 11.5. The van der Waals surface area contributed by atoms with Crippen molar-refractivity contribution in [3.05, 3.63) is 0 Å². The lowest BCUT2D eigenvalue weighted by molar-refractivity contribution is -0.161. The van der Waals surface area contributed by atoms with Crippen molar-refractivity contribution < 1.29 is 14.0 Å². The van der Waals surface area contributed by atoms with Gasteiger partial charge in [0.2, 0.25) is 0 Å². The lowest BCUT2D eigenvalue weighted by Gasteiger charge is -2.22. The van der Waals surface area contributed by atoms with Crippen molar-refractivity contribution in [3.63, 3.8) is 0 Å². The van der Waals surface area contributed by atoms with Crippen LogP contribution in [0.2, 0.25) is 19.6 Å². The molecule has 4 heteroatoms. The fourth-order valence-corrected chi connectivity index (χ4v) is 1.01. The van der Waals surface area contributed by atoms with Crippen LogP contribution in [0.15, 0.2) is 0 Å². The van der Waals surface area contributed by atoms with Gasteiger partial charge < -0.3 is 9.16 Å². The molecule has 0 heterocycles. The van der Waals surface area contributed by atoms with E-state index >= 15 is 0 Å². The Hall–Kier alpha value is -0.353. The fraction of sp³-hybridized carbons (Fsp3) is 0.900. The summed E-state index contributed by atoms with van der Waals surface area (Å²) in [5.41, 5.74) is -0.400. The van der Waals surface area contributed by atoms with Gasteiger partial charge in [-0.2, -0.15) is 0 Å². The van der Waals surface area contributed by atoms with E-state index in [9.17, 15) is 4.79 Å². The van der Waals surface area contributed by atoms with Crippen molar-refractivity contribution in [1.82, 2.24) is 0 Å². The summed E-state index contributed by atoms with van der Waals surface area (Å²) in [6.45, 7) is 12.0. The monoisotopic (exact) mass is 218 g/mol. The Morgan fingerprint density at radius 1 is 1.29 bits per heavy atom. The number of rotatable bonds is 5. The molecule has 0 N–H and O–H groups in total. The molecule has 3 nitrogen and oxygen atoms in total. The van der Waals surface area contributed by atoms with Gasteiger partial charge in [-0.25, -0.2) is 0 Å². The van der Waals surface area contributed by atoms with Crippen molar-refractivity contribution in [2.75, 3.05) is 6.79 Å². The van der Waals surface area contributed by atoms with E-state index in [4.69, 9.17) is 9.16 Å². The van der Waals surface area contributed by atoms with E-state index in [-0.39, 0.29) is 12.8 Å². The second kappa shape index (κ2) is 4.93. The minimum Gasteiger partial charge on any atom is -0.439 e. The molecule has 0 fully saturated rings. The van der Waals surface area contributed by atoms with Crippen LogP contribution in [-0.2, 0) is 14.0 Å². The summed E-state index contributed by atoms with van der Waals surface area (Å²) in [6, 6.07) is 0. The van der Waals surface area contributed by atoms with Crippen molar-refractivity contribution in [2.24, 2.45) is 5.41 Å². The van der Waals surface area contributed by atoms with E-state index in [1.54, 1.807) is 0 Å². The van der Waals surface area contributed by atoms with E-state index in [2.05, 4.69) is 19.6 Å². The Bertz CT molecular complexity index is 194. The second-order valence-corrected chi connectivity index (χ2v) is 9.56. The van der Waals surface area contributed by atoms with Crippen LogP contribution < -0.4 is 0 Å². The Kier molecular flexibility index (Phi) is 4.81. The maximum atomic E-state index is 11.5. The number of hydrogen-bond donors (Lipinski definition) is 0. The van der Waals surface area contributed by atoms with Crippen molar-refractivity contribution in [2.45, 2.75) is 46.8 Å². The third-order valence-corrected chi connectivity index (χ3v) is 3.10. The van der Waals surface area contributed by atoms with E-state index in [1.165, 1.54) is 0 Å². The molecule has 0 aliphatic rings. The van der Waals surface area contributed by atoms with Gasteiger partial charge in [0.05, 0.1) is 5.41 Å². The van der Waals surface area contributed by atoms with Crippen LogP contribution in [0.5, 0.6) is 0 Å². The average molecular weight is 218 g/mol. The first-order chi connectivity index (χ1) is 6.19. The van der Waals surface area contributed by atoms with Gasteiger partial charge in [-0.3, -0.25) is 4.79 Å². The van der Waals surface area contributed by atoms with Gasteiger partial charge in [0.15, 0.2) is 15.1 Å². The Labute approximate surface area is 87.9 Å². The molecule has 0 saturated carbocycles. The molecule has 0 saturated heterocycles. The molecule has 0 aromatic rings. The number of ether oxygens (including phenoxy) is 1. The molecular weight excluding hydrogens is 196 g/mol. The zero-order chi connectivity index (χ0) is 11.4. The average Bonchev–Trinajstić information content (AvgIpc) is 2.02. The summed E-state index contributed by atoms with van der Waals surface area (Å²) in [5.74, 6) is -0.182. The smallest absolute Gasteiger partial charge is 0.313 e. The number of esters is 1. The summed E-state index contributed by atoms with van der Waals surface area (Å²) in [6.07, 6.45) is 0.777. The standard InChI is InChI=1S/C10H22O3Si/c1-7-10(2,3)9(11)12-8-13-14(4,5)6/h7-8H2,1-6H3. The quantitative estimate of drug-likeness (QED) is 0.404. The molecule has 0 radical (unpaired) electrons. The molecule has 0 atom stereocenters. The minimum atomic E-state index is -1.57. The number of hydrogen-bond acceptors (Lipinski definition) is 3. The van der Waals surface area contributed by atoms with Crippen molar-refractivity contribution in [3.8, 4) is 0 Å². The predicted molar refractivity (Wildman–Crippen MR) is 59.5 cm³/mol. The molecule has 0 amide bonds. The Morgan fingerprint density at radius 2 is 1.79 bits per heavy atom.